The number of pyridine rings is 1. The van der Waals surface area contributed by atoms with E-state index in [0.717, 1.165) is 11.1 Å². The molecule has 0 amide bonds. The molecule has 0 fully saturated rings. The van der Waals surface area contributed by atoms with E-state index in [1.165, 1.54) is 6.07 Å². The van der Waals surface area contributed by atoms with Gasteiger partial charge in [-0.25, -0.2) is 4.39 Å². The molecule has 2 aromatic carbocycles. The van der Waals surface area contributed by atoms with E-state index in [4.69, 9.17) is 21.1 Å². The summed E-state index contributed by atoms with van der Waals surface area (Å²) < 4.78 is 26.0. The molecule has 0 atom stereocenters. The molecule has 2 aliphatic heterocycles. The molecule has 0 radical (unpaired) electrons. The lowest BCUT2D eigenvalue weighted by atomic mass is 10.0. The molecule has 5 nitrogen and oxygen atoms in total. The van der Waals surface area contributed by atoms with Crippen molar-refractivity contribution in [3.8, 4) is 11.5 Å². The predicted molar refractivity (Wildman–Crippen MR) is 110 cm³/mol. The van der Waals surface area contributed by atoms with Gasteiger partial charge in [0.05, 0.1) is 11.1 Å². The van der Waals surface area contributed by atoms with Crippen LogP contribution in [0.5, 0.6) is 11.5 Å². The molecule has 7 heteroatoms. The standard InChI is InChI=1S/C23H16ClFN2O3/c24-18-2-1-3-19(25)16(18)11-27-12-17-20(29-13-27)5-4-15-22(28)21(30-23(15)17)10-14-6-8-26-9-7-14/h1-10H,11-13H2/b21-10-. The Bertz CT molecular complexity index is 1160. The van der Waals surface area contributed by atoms with Crippen LogP contribution in [-0.4, -0.2) is 22.4 Å². The summed E-state index contributed by atoms with van der Waals surface area (Å²) in [5.41, 5.74) is 2.48. The number of halogens is 2. The van der Waals surface area contributed by atoms with E-state index in [1.54, 1.807) is 54.9 Å². The van der Waals surface area contributed by atoms with Gasteiger partial charge >= 0.3 is 0 Å². The number of nitrogens with zero attached hydrogens (tertiary/aromatic N) is 2. The molecule has 5 rings (SSSR count). The second-order valence-electron chi connectivity index (χ2n) is 7.10. The Morgan fingerprint density at radius 3 is 2.80 bits per heavy atom. The van der Waals surface area contributed by atoms with Gasteiger partial charge in [-0.05, 0) is 48.0 Å². The third-order valence-corrected chi connectivity index (χ3v) is 5.48. The van der Waals surface area contributed by atoms with Crippen LogP contribution < -0.4 is 9.47 Å². The zero-order valence-electron chi connectivity index (χ0n) is 15.8. The van der Waals surface area contributed by atoms with Crippen molar-refractivity contribution in [3.63, 3.8) is 0 Å². The number of carbonyl (C=O) groups is 1. The van der Waals surface area contributed by atoms with E-state index < -0.39 is 0 Å². The van der Waals surface area contributed by atoms with Gasteiger partial charge in [0.15, 0.2) is 5.76 Å². The van der Waals surface area contributed by atoms with Crippen LogP contribution in [-0.2, 0) is 13.1 Å². The second-order valence-corrected chi connectivity index (χ2v) is 7.51. The van der Waals surface area contributed by atoms with Gasteiger partial charge in [-0.15, -0.1) is 0 Å². The Morgan fingerprint density at radius 1 is 1.17 bits per heavy atom. The van der Waals surface area contributed by atoms with Gasteiger partial charge in [-0.3, -0.25) is 14.7 Å². The molecule has 0 N–H and O–H groups in total. The number of allylic oxidation sites excluding steroid dienone is 1. The summed E-state index contributed by atoms with van der Waals surface area (Å²) in [5, 5.41) is 0.369. The molecule has 3 heterocycles. The molecule has 1 aromatic heterocycles. The van der Waals surface area contributed by atoms with Crippen molar-refractivity contribution in [2.75, 3.05) is 6.73 Å². The lowest BCUT2D eigenvalue weighted by molar-refractivity contribution is 0.0863. The highest BCUT2D eigenvalue weighted by molar-refractivity contribution is 6.31. The highest BCUT2D eigenvalue weighted by Gasteiger charge is 2.33. The van der Waals surface area contributed by atoms with Crippen molar-refractivity contribution in [2.45, 2.75) is 13.1 Å². The topological polar surface area (TPSA) is 51.7 Å². The summed E-state index contributed by atoms with van der Waals surface area (Å²) >= 11 is 6.17. The van der Waals surface area contributed by atoms with Gasteiger partial charge in [0.1, 0.15) is 24.0 Å². The fraction of sp³-hybridized carbons (Fsp3) is 0.130. The summed E-state index contributed by atoms with van der Waals surface area (Å²) in [6.07, 6.45) is 5.00. The van der Waals surface area contributed by atoms with Crippen LogP contribution in [0.4, 0.5) is 4.39 Å². The Kier molecular flexibility index (Phi) is 4.73. The average molecular weight is 423 g/mol. The van der Waals surface area contributed by atoms with Crippen LogP contribution >= 0.6 is 11.6 Å². The molecular weight excluding hydrogens is 407 g/mol. The maximum absolute atomic E-state index is 14.2. The number of hydrogen-bond donors (Lipinski definition) is 0. The van der Waals surface area contributed by atoms with Crippen LogP contribution in [0.3, 0.4) is 0 Å². The SMILES string of the molecule is O=C1/C(=C/c2ccncc2)Oc2c1ccc1c2CN(Cc2c(F)cccc2Cl)CO1. The van der Waals surface area contributed by atoms with Gasteiger partial charge in [0, 0.05) is 36.1 Å². The van der Waals surface area contributed by atoms with E-state index in [9.17, 15) is 9.18 Å². The summed E-state index contributed by atoms with van der Waals surface area (Å²) in [6, 6.07) is 11.7. The van der Waals surface area contributed by atoms with Crippen LogP contribution in [0, 0.1) is 5.82 Å². The van der Waals surface area contributed by atoms with E-state index in [2.05, 4.69) is 4.98 Å². The fourth-order valence-corrected chi connectivity index (χ4v) is 3.85. The summed E-state index contributed by atoms with van der Waals surface area (Å²) in [7, 11) is 0. The maximum atomic E-state index is 14.2. The average Bonchev–Trinajstić information content (AvgIpc) is 3.07. The Balaban J connectivity index is 1.44. The first-order valence-corrected chi connectivity index (χ1v) is 9.76. The van der Waals surface area contributed by atoms with Crippen LogP contribution in [0.15, 0.2) is 60.6 Å². The summed E-state index contributed by atoms with van der Waals surface area (Å²) in [5.74, 6) is 0.850. The van der Waals surface area contributed by atoms with Gasteiger partial charge < -0.3 is 9.47 Å². The molecular formula is C23H16ClFN2O3. The Labute approximate surface area is 177 Å². The monoisotopic (exact) mass is 422 g/mol. The molecule has 0 bridgehead atoms. The number of carbonyl (C=O) groups excluding carboxylic acids is 1. The molecule has 30 heavy (non-hydrogen) atoms. The third kappa shape index (κ3) is 3.34. The van der Waals surface area contributed by atoms with Crippen LogP contribution in [0.2, 0.25) is 5.02 Å². The molecule has 3 aromatic rings. The smallest absolute Gasteiger partial charge is 0.231 e. The molecule has 2 aliphatic rings. The van der Waals surface area contributed by atoms with Crippen molar-refractivity contribution in [2.24, 2.45) is 0 Å². The first-order valence-electron chi connectivity index (χ1n) is 9.38. The summed E-state index contributed by atoms with van der Waals surface area (Å²) in [4.78, 5) is 18.7. The van der Waals surface area contributed by atoms with Crippen molar-refractivity contribution < 1.29 is 18.7 Å². The first-order chi connectivity index (χ1) is 14.6. The number of ether oxygens (including phenoxy) is 2. The number of aromatic nitrogens is 1. The minimum absolute atomic E-state index is 0.182. The number of hydrogen-bond acceptors (Lipinski definition) is 5. The molecule has 0 aliphatic carbocycles. The van der Waals surface area contributed by atoms with E-state index in [-0.39, 0.29) is 30.6 Å². The second kappa shape index (κ2) is 7.55. The van der Waals surface area contributed by atoms with Gasteiger partial charge in [-0.1, -0.05) is 17.7 Å². The lowest BCUT2D eigenvalue weighted by Crippen LogP contribution is -2.32. The van der Waals surface area contributed by atoms with E-state index in [1.807, 2.05) is 4.90 Å². The molecule has 150 valence electrons. The number of benzene rings is 2. The number of rotatable bonds is 3. The van der Waals surface area contributed by atoms with Crippen molar-refractivity contribution >= 4 is 23.5 Å². The number of Topliss-reactive ketones (excluding diaryl/α,β-unsaturated/α-hetero) is 1. The van der Waals surface area contributed by atoms with Crippen molar-refractivity contribution in [1.29, 1.82) is 0 Å². The highest BCUT2D eigenvalue weighted by Crippen LogP contribution is 2.42. The van der Waals surface area contributed by atoms with E-state index in [0.29, 0.717) is 34.2 Å². The van der Waals surface area contributed by atoms with Gasteiger partial charge in [-0.2, -0.15) is 0 Å². The Hall–Kier alpha value is -3.22. The van der Waals surface area contributed by atoms with Gasteiger partial charge in [0.25, 0.3) is 0 Å². The minimum Gasteiger partial charge on any atom is -0.478 e. The largest absolute Gasteiger partial charge is 0.478 e. The van der Waals surface area contributed by atoms with Crippen LogP contribution in [0.25, 0.3) is 6.08 Å². The first kappa shape index (κ1) is 18.8. The Morgan fingerprint density at radius 2 is 2.00 bits per heavy atom. The predicted octanol–water partition coefficient (Wildman–Crippen LogP) is 4.84. The number of ketones is 1. The lowest BCUT2D eigenvalue weighted by Gasteiger charge is -2.30. The molecule has 0 unspecified atom stereocenters. The highest BCUT2D eigenvalue weighted by atomic mass is 35.5. The normalized spacial score (nSPS) is 16.7. The zero-order valence-corrected chi connectivity index (χ0v) is 16.5. The molecule has 0 saturated heterocycles. The fourth-order valence-electron chi connectivity index (χ4n) is 3.62. The zero-order chi connectivity index (χ0) is 20.7. The van der Waals surface area contributed by atoms with Crippen LogP contribution in [0.1, 0.15) is 27.0 Å². The quantitative estimate of drug-likeness (QED) is 0.565. The maximum Gasteiger partial charge on any atom is 0.231 e. The van der Waals surface area contributed by atoms with Crippen molar-refractivity contribution in [1.82, 2.24) is 9.88 Å². The summed E-state index contributed by atoms with van der Waals surface area (Å²) in [6.45, 7) is 1.01. The van der Waals surface area contributed by atoms with E-state index >= 15 is 0 Å². The third-order valence-electron chi connectivity index (χ3n) is 5.13. The molecule has 0 saturated carbocycles. The molecule has 0 spiro atoms. The number of fused-ring (bicyclic) bond motifs is 3. The van der Waals surface area contributed by atoms with Crippen molar-refractivity contribution in [3.05, 3.63) is 93.7 Å². The van der Waals surface area contributed by atoms with Gasteiger partial charge in [0.2, 0.25) is 5.78 Å². The minimum atomic E-state index is -0.361.